The summed E-state index contributed by atoms with van der Waals surface area (Å²) >= 11 is 5.86. The lowest BCUT2D eigenvalue weighted by molar-refractivity contribution is 0.0905. The molecule has 0 aliphatic heterocycles. The quantitative estimate of drug-likeness (QED) is 0.771. The first-order valence-electron chi connectivity index (χ1n) is 7.50. The molecule has 1 unspecified atom stereocenters. The van der Waals surface area contributed by atoms with Crippen molar-refractivity contribution in [2.45, 2.75) is 17.9 Å². The SMILES string of the molecule is COCC(C)NC(=O)c1cccc(S(=O)(=O)Nc2cccc(Cl)c2)c1. The molecule has 1 amide bonds. The molecule has 25 heavy (non-hydrogen) atoms. The second kappa shape index (κ2) is 8.33. The molecule has 1 atom stereocenters. The highest BCUT2D eigenvalue weighted by Crippen LogP contribution is 2.20. The number of carbonyl (C=O) groups excluding carboxylic acids is 1. The molecule has 0 spiro atoms. The number of anilines is 1. The summed E-state index contributed by atoms with van der Waals surface area (Å²) in [7, 11) is -2.30. The average Bonchev–Trinajstić information content (AvgIpc) is 2.54. The lowest BCUT2D eigenvalue weighted by Gasteiger charge is -2.13. The van der Waals surface area contributed by atoms with Crippen LogP contribution < -0.4 is 10.0 Å². The predicted molar refractivity (Wildman–Crippen MR) is 97.5 cm³/mol. The van der Waals surface area contributed by atoms with Crippen LogP contribution in [0, 0.1) is 0 Å². The standard InChI is InChI=1S/C17H19ClN2O4S/c1-12(11-24-2)19-17(21)13-5-3-8-16(9-13)25(22,23)20-15-7-4-6-14(18)10-15/h3-10,12,20H,11H2,1-2H3,(H,19,21). The molecule has 0 saturated carbocycles. The molecule has 0 aromatic heterocycles. The van der Waals surface area contributed by atoms with Crippen molar-refractivity contribution in [1.82, 2.24) is 5.32 Å². The highest BCUT2D eigenvalue weighted by Gasteiger charge is 2.17. The minimum absolute atomic E-state index is 0.0143. The van der Waals surface area contributed by atoms with Crippen LogP contribution in [0.1, 0.15) is 17.3 Å². The fourth-order valence-electron chi connectivity index (χ4n) is 2.17. The van der Waals surface area contributed by atoms with Crippen molar-refractivity contribution in [3.05, 3.63) is 59.1 Å². The molecule has 2 N–H and O–H groups in total. The molecule has 0 bridgehead atoms. The van der Waals surface area contributed by atoms with Gasteiger partial charge in [0, 0.05) is 23.7 Å². The average molecular weight is 383 g/mol. The number of rotatable bonds is 7. The summed E-state index contributed by atoms with van der Waals surface area (Å²) in [4.78, 5) is 12.2. The van der Waals surface area contributed by atoms with Gasteiger partial charge in [-0.25, -0.2) is 8.42 Å². The Morgan fingerprint density at radius 2 is 1.92 bits per heavy atom. The number of halogens is 1. The highest BCUT2D eigenvalue weighted by molar-refractivity contribution is 7.92. The van der Waals surface area contributed by atoms with Gasteiger partial charge in [-0.1, -0.05) is 23.7 Å². The summed E-state index contributed by atoms with van der Waals surface area (Å²) in [5, 5.41) is 3.15. The van der Waals surface area contributed by atoms with E-state index >= 15 is 0 Å². The Kier molecular flexibility index (Phi) is 6.41. The van der Waals surface area contributed by atoms with E-state index in [0.29, 0.717) is 17.3 Å². The van der Waals surface area contributed by atoms with Gasteiger partial charge in [0.05, 0.1) is 17.2 Å². The number of hydrogen-bond acceptors (Lipinski definition) is 4. The second-order valence-electron chi connectivity index (χ2n) is 5.47. The van der Waals surface area contributed by atoms with Crippen LogP contribution in [-0.4, -0.2) is 34.1 Å². The van der Waals surface area contributed by atoms with Gasteiger partial charge in [-0.15, -0.1) is 0 Å². The fourth-order valence-corrected chi connectivity index (χ4v) is 3.45. The van der Waals surface area contributed by atoms with Crippen molar-refractivity contribution in [2.75, 3.05) is 18.4 Å². The number of nitrogens with one attached hydrogen (secondary N) is 2. The van der Waals surface area contributed by atoms with Crippen LogP contribution in [0.3, 0.4) is 0 Å². The summed E-state index contributed by atoms with van der Waals surface area (Å²) in [5.41, 5.74) is 0.591. The largest absolute Gasteiger partial charge is 0.383 e. The van der Waals surface area contributed by atoms with E-state index in [1.54, 1.807) is 31.2 Å². The molecule has 2 aromatic rings. The van der Waals surface area contributed by atoms with E-state index in [1.807, 2.05) is 0 Å². The summed E-state index contributed by atoms with van der Waals surface area (Å²) < 4.78 is 32.4. The van der Waals surface area contributed by atoms with Gasteiger partial charge in [-0.2, -0.15) is 0 Å². The predicted octanol–water partition coefficient (Wildman–Crippen LogP) is 2.91. The van der Waals surface area contributed by atoms with Crippen molar-refractivity contribution in [3.63, 3.8) is 0 Å². The lowest BCUT2D eigenvalue weighted by Crippen LogP contribution is -2.35. The molecule has 8 heteroatoms. The lowest BCUT2D eigenvalue weighted by atomic mass is 10.2. The molecule has 0 aliphatic carbocycles. The molecular weight excluding hydrogens is 364 g/mol. The molecule has 2 aromatic carbocycles. The third-order valence-electron chi connectivity index (χ3n) is 3.28. The maximum atomic E-state index is 12.5. The van der Waals surface area contributed by atoms with E-state index in [0.717, 1.165) is 0 Å². The van der Waals surface area contributed by atoms with Gasteiger partial charge >= 0.3 is 0 Å². The maximum absolute atomic E-state index is 12.5. The Morgan fingerprint density at radius 1 is 1.20 bits per heavy atom. The van der Waals surface area contributed by atoms with Gasteiger partial charge in [0.15, 0.2) is 0 Å². The zero-order valence-corrected chi connectivity index (χ0v) is 15.4. The van der Waals surface area contributed by atoms with Gasteiger partial charge in [-0.05, 0) is 43.3 Å². The van der Waals surface area contributed by atoms with E-state index in [2.05, 4.69) is 10.0 Å². The number of carbonyl (C=O) groups is 1. The molecule has 6 nitrogen and oxygen atoms in total. The third kappa shape index (κ3) is 5.45. The van der Waals surface area contributed by atoms with Gasteiger partial charge < -0.3 is 10.1 Å². The zero-order chi connectivity index (χ0) is 18.4. The van der Waals surface area contributed by atoms with Crippen molar-refractivity contribution in [3.8, 4) is 0 Å². The Morgan fingerprint density at radius 3 is 2.60 bits per heavy atom. The first-order chi connectivity index (χ1) is 11.8. The minimum Gasteiger partial charge on any atom is -0.383 e. The van der Waals surface area contributed by atoms with E-state index in [4.69, 9.17) is 16.3 Å². The Balaban J connectivity index is 2.20. The van der Waals surface area contributed by atoms with Gasteiger partial charge in [0.25, 0.3) is 15.9 Å². The third-order valence-corrected chi connectivity index (χ3v) is 4.89. The molecule has 134 valence electrons. The highest BCUT2D eigenvalue weighted by atomic mass is 35.5. The Hall–Kier alpha value is -2.09. The van der Waals surface area contributed by atoms with Crippen molar-refractivity contribution in [1.29, 1.82) is 0 Å². The van der Waals surface area contributed by atoms with Crippen LogP contribution in [-0.2, 0) is 14.8 Å². The number of sulfonamides is 1. The van der Waals surface area contributed by atoms with E-state index < -0.39 is 10.0 Å². The smallest absolute Gasteiger partial charge is 0.261 e. The first-order valence-corrected chi connectivity index (χ1v) is 9.36. The first kappa shape index (κ1) is 19.2. The van der Waals surface area contributed by atoms with Crippen LogP contribution in [0.15, 0.2) is 53.4 Å². The Bertz CT molecular complexity index is 855. The minimum atomic E-state index is -3.84. The number of benzene rings is 2. The van der Waals surface area contributed by atoms with Crippen LogP contribution in [0.4, 0.5) is 5.69 Å². The van der Waals surface area contributed by atoms with E-state index in [-0.39, 0.29) is 22.4 Å². The molecule has 0 radical (unpaired) electrons. The molecule has 0 aliphatic rings. The number of methoxy groups -OCH3 is 1. The molecule has 0 fully saturated rings. The number of amides is 1. The van der Waals surface area contributed by atoms with Crippen molar-refractivity contribution < 1.29 is 17.9 Å². The topological polar surface area (TPSA) is 84.5 Å². The van der Waals surface area contributed by atoms with Crippen LogP contribution in [0.2, 0.25) is 5.02 Å². The number of ether oxygens (including phenoxy) is 1. The fraction of sp³-hybridized carbons (Fsp3) is 0.235. The zero-order valence-electron chi connectivity index (χ0n) is 13.8. The maximum Gasteiger partial charge on any atom is 0.261 e. The normalized spacial score (nSPS) is 12.4. The van der Waals surface area contributed by atoms with E-state index in [9.17, 15) is 13.2 Å². The monoisotopic (exact) mass is 382 g/mol. The van der Waals surface area contributed by atoms with Crippen molar-refractivity contribution in [2.24, 2.45) is 0 Å². The molecule has 2 rings (SSSR count). The van der Waals surface area contributed by atoms with Crippen LogP contribution >= 0.6 is 11.6 Å². The van der Waals surface area contributed by atoms with Gasteiger partial charge in [0.2, 0.25) is 0 Å². The Labute approximate surface area is 152 Å². The van der Waals surface area contributed by atoms with Gasteiger partial charge in [-0.3, -0.25) is 9.52 Å². The molecule has 0 saturated heterocycles. The molecular formula is C17H19ClN2O4S. The summed E-state index contributed by atoms with van der Waals surface area (Å²) in [5.74, 6) is -0.371. The van der Waals surface area contributed by atoms with Crippen LogP contribution in [0.25, 0.3) is 0 Å². The molecule has 0 heterocycles. The van der Waals surface area contributed by atoms with Gasteiger partial charge in [0.1, 0.15) is 0 Å². The van der Waals surface area contributed by atoms with E-state index in [1.165, 1.54) is 31.4 Å². The van der Waals surface area contributed by atoms with Crippen molar-refractivity contribution >= 4 is 33.2 Å². The summed E-state index contributed by atoms with van der Waals surface area (Å²) in [6.45, 7) is 2.16. The van der Waals surface area contributed by atoms with Crippen LogP contribution in [0.5, 0.6) is 0 Å². The summed E-state index contributed by atoms with van der Waals surface area (Å²) in [6.07, 6.45) is 0. The summed E-state index contributed by atoms with van der Waals surface area (Å²) in [6, 6.07) is 12.0. The second-order valence-corrected chi connectivity index (χ2v) is 7.59. The number of hydrogen-bond donors (Lipinski definition) is 2.